The maximum atomic E-state index is 12.9. The van der Waals surface area contributed by atoms with E-state index in [0.717, 1.165) is 154 Å². The summed E-state index contributed by atoms with van der Waals surface area (Å²) >= 11 is 0. The Labute approximate surface area is 499 Å². The standard InChI is InChI=1S/C75H120O6/c1-4-7-10-13-16-19-22-25-28-30-31-32-33-34-35-36-37-38-39-40-41-42-43-44-45-46-48-50-53-56-59-62-65-68-74(77)80-71-72(70-79-73(76)67-64-61-58-55-52-49-27-24-21-18-15-12-9-6-3)81-75(78)69-66-63-60-57-54-51-47-29-26-23-20-17-14-11-8-5-2/h7,10,15-16,18-19,24-25,27-29,31-32,34-35,37-38,40-41,43-44,46-48,53,56,72H,4-6,8-9,11-14,17,20-23,26,30,33,36,39,42,45,49-52,54-55,57-71H2,1-3H3/b10-7-,18-15-,19-16-,27-24-,28-25-,32-31-,35-34-,38-37-,41-40-,44-43-,47-29-,48-46-,56-53-. The molecule has 0 spiro atoms. The summed E-state index contributed by atoms with van der Waals surface area (Å²) in [6, 6.07) is 0. The van der Waals surface area contributed by atoms with Gasteiger partial charge < -0.3 is 14.2 Å². The highest BCUT2D eigenvalue weighted by Crippen LogP contribution is 2.14. The molecule has 1 unspecified atom stereocenters. The highest BCUT2D eigenvalue weighted by molar-refractivity contribution is 5.71. The topological polar surface area (TPSA) is 78.9 Å². The third kappa shape index (κ3) is 65.7. The fourth-order valence-corrected chi connectivity index (χ4v) is 8.54. The van der Waals surface area contributed by atoms with Crippen molar-refractivity contribution in [2.75, 3.05) is 13.2 Å². The fourth-order valence-electron chi connectivity index (χ4n) is 8.54. The average Bonchev–Trinajstić information content (AvgIpc) is 3.47. The van der Waals surface area contributed by atoms with Crippen LogP contribution in [0.25, 0.3) is 0 Å². The molecule has 456 valence electrons. The van der Waals surface area contributed by atoms with Crippen molar-refractivity contribution in [3.63, 3.8) is 0 Å². The van der Waals surface area contributed by atoms with E-state index in [1.165, 1.54) is 77.0 Å². The third-order valence-electron chi connectivity index (χ3n) is 13.5. The minimum Gasteiger partial charge on any atom is -0.462 e. The first-order valence-corrected chi connectivity index (χ1v) is 33.0. The van der Waals surface area contributed by atoms with Crippen molar-refractivity contribution in [1.82, 2.24) is 0 Å². The van der Waals surface area contributed by atoms with Crippen LogP contribution in [0.3, 0.4) is 0 Å². The van der Waals surface area contributed by atoms with Crippen molar-refractivity contribution < 1.29 is 28.6 Å². The van der Waals surface area contributed by atoms with Gasteiger partial charge >= 0.3 is 17.9 Å². The van der Waals surface area contributed by atoms with E-state index in [-0.39, 0.29) is 31.1 Å². The van der Waals surface area contributed by atoms with Gasteiger partial charge in [-0.25, -0.2) is 0 Å². The van der Waals surface area contributed by atoms with E-state index in [9.17, 15) is 14.4 Å². The number of esters is 3. The zero-order chi connectivity index (χ0) is 58.5. The summed E-state index contributed by atoms with van der Waals surface area (Å²) in [4.78, 5) is 38.3. The second-order valence-electron chi connectivity index (χ2n) is 21.3. The van der Waals surface area contributed by atoms with Crippen molar-refractivity contribution in [2.24, 2.45) is 0 Å². The quantitative estimate of drug-likeness (QED) is 0.0261. The molecule has 0 aromatic heterocycles. The average molecular weight is 1120 g/mol. The monoisotopic (exact) mass is 1120 g/mol. The fraction of sp³-hybridized carbons (Fsp3) is 0.613. The Morgan fingerprint density at radius 3 is 0.827 bits per heavy atom. The van der Waals surface area contributed by atoms with Gasteiger partial charge in [-0.05, 0) is 148 Å². The lowest BCUT2D eigenvalue weighted by Gasteiger charge is -2.18. The van der Waals surface area contributed by atoms with Crippen molar-refractivity contribution in [3.05, 3.63) is 158 Å². The van der Waals surface area contributed by atoms with Gasteiger partial charge in [0, 0.05) is 19.3 Å². The van der Waals surface area contributed by atoms with Crippen LogP contribution in [0.15, 0.2) is 158 Å². The number of ether oxygens (including phenoxy) is 3. The van der Waals surface area contributed by atoms with Gasteiger partial charge in [0.2, 0.25) is 0 Å². The molecule has 0 saturated carbocycles. The summed E-state index contributed by atoms with van der Waals surface area (Å²) in [5.41, 5.74) is 0. The molecule has 0 bridgehead atoms. The highest BCUT2D eigenvalue weighted by Gasteiger charge is 2.19. The molecule has 0 amide bonds. The van der Waals surface area contributed by atoms with Gasteiger partial charge in [-0.2, -0.15) is 0 Å². The molecule has 0 fully saturated rings. The molecule has 0 aliphatic rings. The molecule has 0 aromatic carbocycles. The van der Waals surface area contributed by atoms with Gasteiger partial charge in [0.05, 0.1) is 0 Å². The number of allylic oxidation sites excluding steroid dienone is 26. The Balaban J connectivity index is 4.42. The summed E-state index contributed by atoms with van der Waals surface area (Å²) in [5.74, 6) is -0.976. The summed E-state index contributed by atoms with van der Waals surface area (Å²) in [5, 5.41) is 0. The first kappa shape index (κ1) is 76.0. The van der Waals surface area contributed by atoms with Gasteiger partial charge in [0.25, 0.3) is 0 Å². The normalized spacial score (nSPS) is 13.2. The predicted molar refractivity (Wildman–Crippen MR) is 352 cm³/mol. The maximum absolute atomic E-state index is 12.9. The number of carbonyl (C=O) groups excluding carboxylic acids is 3. The first-order valence-electron chi connectivity index (χ1n) is 33.0. The second-order valence-corrected chi connectivity index (χ2v) is 21.3. The lowest BCUT2D eigenvalue weighted by Crippen LogP contribution is -2.30. The van der Waals surface area contributed by atoms with Gasteiger partial charge in [-0.15, -0.1) is 0 Å². The molecule has 0 heterocycles. The minimum absolute atomic E-state index is 0.107. The van der Waals surface area contributed by atoms with E-state index in [4.69, 9.17) is 14.2 Å². The third-order valence-corrected chi connectivity index (χ3v) is 13.5. The van der Waals surface area contributed by atoms with E-state index in [0.29, 0.717) is 25.7 Å². The number of hydrogen-bond acceptors (Lipinski definition) is 6. The van der Waals surface area contributed by atoms with Gasteiger partial charge in [-0.1, -0.05) is 269 Å². The Hall–Kier alpha value is -4.97. The van der Waals surface area contributed by atoms with Crippen molar-refractivity contribution >= 4 is 17.9 Å². The van der Waals surface area contributed by atoms with Gasteiger partial charge in [-0.3, -0.25) is 14.4 Å². The zero-order valence-electron chi connectivity index (χ0n) is 52.2. The van der Waals surface area contributed by atoms with Crippen LogP contribution in [-0.4, -0.2) is 37.2 Å². The smallest absolute Gasteiger partial charge is 0.306 e. The second kappa shape index (κ2) is 67.5. The van der Waals surface area contributed by atoms with Crippen LogP contribution >= 0.6 is 0 Å². The molecule has 0 aromatic rings. The van der Waals surface area contributed by atoms with E-state index in [1.807, 2.05) is 0 Å². The summed E-state index contributed by atoms with van der Waals surface area (Å²) < 4.78 is 16.9. The van der Waals surface area contributed by atoms with Crippen molar-refractivity contribution in [3.8, 4) is 0 Å². The van der Waals surface area contributed by atoms with Crippen LogP contribution in [-0.2, 0) is 28.6 Å². The molecule has 0 rings (SSSR count). The largest absolute Gasteiger partial charge is 0.462 e. The minimum atomic E-state index is -0.814. The molecule has 1 atom stereocenters. The predicted octanol–water partition coefficient (Wildman–Crippen LogP) is 22.9. The number of carbonyl (C=O) groups is 3. The molecular formula is C75H120O6. The summed E-state index contributed by atoms with van der Waals surface area (Å²) in [7, 11) is 0. The van der Waals surface area contributed by atoms with E-state index >= 15 is 0 Å². The summed E-state index contributed by atoms with van der Waals surface area (Å²) in [6.07, 6.45) is 98.2. The van der Waals surface area contributed by atoms with Crippen LogP contribution in [0.5, 0.6) is 0 Å². The lowest BCUT2D eigenvalue weighted by atomic mass is 10.1. The maximum Gasteiger partial charge on any atom is 0.306 e. The first-order chi connectivity index (χ1) is 40.0. The van der Waals surface area contributed by atoms with Crippen molar-refractivity contribution in [2.45, 2.75) is 284 Å². The molecule has 0 aliphatic carbocycles. The molecule has 81 heavy (non-hydrogen) atoms. The SMILES string of the molecule is CC/C=C\C/C=C\C/C=C\C/C=C\C/C=C\C/C=C\C/C=C\C/C=C\C/C=C\C/C=C\CCCCC(=O)OCC(COC(=O)CCCCCCC/C=C\C/C=C\CCCC)OC(=O)CCCCCCC/C=C\CCCCCCCCC. The van der Waals surface area contributed by atoms with Crippen LogP contribution in [0.4, 0.5) is 0 Å². The zero-order valence-corrected chi connectivity index (χ0v) is 52.2. The molecule has 6 nitrogen and oxygen atoms in total. The molecule has 0 saturated heterocycles. The van der Waals surface area contributed by atoms with Crippen LogP contribution < -0.4 is 0 Å². The van der Waals surface area contributed by atoms with E-state index < -0.39 is 6.10 Å². The molecular weight excluding hydrogens is 997 g/mol. The number of hydrogen-bond donors (Lipinski definition) is 0. The number of rotatable bonds is 58. The Kier molecular flexibility index (Phi) is 63.4. The molecule has 0 radical (unpaired) electrons. The van der Waals surface area contributed by atoms with Crippen LogP contribution in [0.1, 0.15) is 278 Å². The Morgan fingerprint density at radius 1 is 0.259 bits per heavy atom. The van der Waals surface area contributed by atoms with E-state index in [1.54, 1.807) is 0 Å². The van der Waals surface area contributed by atoms with Gasteiger partial charge in [0.1, 0.15) is 13.2 Å². The van der Waals surface area contributed by atoms with Gasteiger partial charge in [0.15, 0.2) is 6.10 Å². The van der Waals surface area contributed by atoms with Crippen LogP contribution in [0.2, 0.25) is 0 Å². The Morgan fingerprint density at radius 2 is 0.494 bits per heavy atom. The molecule has 0 N–H and O–H groups in total. The van der Waals surface area contributed by atoms with Crippen molar-refractivity contribution in [1.29, 1.82) is 0 Å². The Bertz CT molecular complexity index is 1810. The van der Waals surface area contributed by atoms with E-state index in [2.05, 4.69) is 179 Å². The van der Waals surface area contributed by atoms with Crippen LogP contribution in [0, 0.1) is 0 Å². The summed E-state index contributed by atoms with van der Waals surface area (Å²) in [6.45, 7) is 6.43. The highest BCUT2D eigenvalue weighted by atomic mass is 16.6. The molecule has 0 aliphatic heterocycles. The number of unbranched alkanes of at least 4 members (excludes halogenated alkanes) is 21. The lowest BCUT2D eigenvalue weighted by molar-refractivity contribution is -0.167. The molecule has 6 heteroatoms.